The number of carboxylic acids is 1. The van der Waals surface area contributed by atoms with Gasteiger partial charge in [0, 0.05) is 18.4 Å². The van der Waals surface area contributed by atoms with Crippen molar-refractivity contribution >= 4 is 16.9 Å². The number of aryl methyl sites for hydroxylation is 1. The van der Waals surface area contributed by atoms with E-state index < -0.39 is 5.97 Å². The summed E-state index contributed by atoms with van der Waals surface area (Å²) < 4.78 is 1.86. The highest BCUT2D eigenvalue weighted by Crippen LogP contribution is 2.43. The highest BCUT2D eigenvalue weighted by atomic mass is 16.4. The highest BCUT2D eigenvalue weighted by Gasteiger charge is 2.29. The lowest BCUT2D eigenvalue weighted by molar-refractivity contribution is -0.136. The molecule has 1 N–H and O–H groups in total. The van der Waals surface area contributed by atoms with Crippen LogP contribution in [0.2, 0.25) is 0 Å². The lowest BCUT2D eigenvalue weighted by Crippen LogP contribution is -2.01. The molecule has 1 heterocycles. The van der Waals surface area contributed by atoms with E-state index in [9.17, 15) is 4.79 Å². The summed E-state index contributed by atoms with van der Waals surface area (Å²) in [7, 11) is 1.92. The lowest BCUT2D eigenvalue weighted by Gasteiger charge is -2.01. The van der Waals surface area contributed by atoms with Crippen molar-refractivity contribution < 1.29 is 9.90 Å². The summed E-state index contributed by atoms with van der Waals surface area (Å²) >= 11 is 0. The first-order valence-electron chi connectivity index (χ1n) is 5.83. The summed E-state index contributed by atoms with van der Waals surface area (Å²) in [5, 5.41) is 14.5. The maximum atomic E-state index is 10.9. The number of hydrogen-bond donors (Lipinski definition) is 1. The van der Waals surface area contributed by atoms with Crippen LogP contribution in [0.4, 0.5) is 0 Å². The van der Waals surface area contributed by atoms with Crippen LogP contribution in [-0.2, 0) is 18.3 Å². The molecule has 4 heteroatoms. The number of aliphatic carboxylic acids is 1. The molecule has 0 aliphatic heterocycles. The number of carboxylic acid groups (broad SMARTS) is 1. The van der Waals surface area contributed by atoms with Gasteiger partial charge in [-0.25, -0.2) is 0 Å². The normalized spacial score (nSPS) is 15.4. The molecule has 0 saturated heterocycles. The quantitative estimate of drug-likeness (QED) is 0.878. The maximum absolute atomic E-state index is 10.9. The number of aromatic nitrogens is 2. The summed E-state index contributed by atoms with van der Waals surface area (Å²) in [5.74, 6) is -0.253. The summed E-state index contributed by atoms with van der Waals surface area (Å²) in [5.41, 5.74) is 3.00. The molecule has 0 spiro atoms. The molecule has 1 aliphatic rings. The van der Waals surface area contributed by atoms with Crippen LogP contribution in [0.25, 0.3) is 10.9 Å². The van der Waals surface area contributed by atoms with E-state index in [1.165, 1.54) is 12.8 Å². The maximum Gasteiger partial charge on any atom is 0.307 e. The Morgan fingerprint density at radius 1 is 1.53 bits per heavy atom. The van der Waals surface area contributed by atoms with Gasteiger partial charge in [-0.2, -0.15) is 5.10 Å². The molecule has 1 aliphatic carbocycles. The Balaban J connectivity index is 2.23. The van der Waals surface area contributed by atoms with Gasteiger partial charge in [-0.1, -0.05) is 12.1 Å². The van der Waals surface area contributed by atoms with Crippen LogP contribution in [0.15, 0.2) is 18.2 Å². The topological polar surface area (TPSA) is 55.1 Å². The van der Waals surface area contributed by atoms with Crippen molar-refractivity contribution in [2.24, 2.45) is 7.05 Å². The Kier molecular flexibility index (Phi) is 2.18. The Labute approximate surface area is 98.9 Å². The van der Waals surface area contributed by atoms with E-state index in [4.69, 9.17) is 5.11 Å². The fourth-order valence-electron chi connectivity index (χ4n) is 2.37. The van der Waals surface area contributed by atoms with Gasteiger partial charge >= 0.3 is 5.97 Å². The number of benzene rings is 1. The molecule has 0 unspecified atom stereocenters. The molecule has 88 valence electrons. The molecule has 1 aromatic heterocycles. The second-order valence-corrected chi connectivity index (χ2v) is 4.66. The fourth-order valence-corrected chi connectivity index (χ4v) is 2.37. The van der Waals surface area contributed by atoms with Crippen LogP contribution in [-0.4, -0.2) is 20.9 Å². The minimum Gasteiger partial charge on any atom is -0.481 e. The summed E-state index contributed by atoms with van der Waals surface area (Å²) in [6, 6.07) is 5.79. The van der Waals surface area contributed by atoms with Gasteiger partial charge in [0.05, 0.1) is 17.6 Å². The number of nitrogens with zero attached hydrogens (tertiary/aromatic N) is 2. The van der Waals surface area contributed by atoms with Gasteiger partial charge in [-0.3, -0.25) is 9.48 Å². The van der Waals surface area contributed by atoms with E-state index in [1.54, 1.807) is 0 Å². The first-order valence-corrected chi connectivity index (χ1v) is 5.83. The molecule has 0 radical (unpaired) electrons. The van der Waals surface area contributed by atoms with Gasteiger partial charge in [-0.15, -0.1) is 0 Å². The standard InChI is InChI=1S/C13H14N2O2/c1-15-10-4-2-3-9(7-11(16)17)12(10)13(14-15)8-5-6-8/h2-4,8H,5-7H2,1H3,(H,16,17). The van der Waals surface area contributed by atoms with E-state index in [2.05, 4.69) is 5.10 Å². The van der Waals surface area contributed by atoms with E-state index in [0.717, 1.165) is 22.2 Å². The fraction of sp³-hybridized carbons (Fsp3) is 0.385. The van der Waals surface area contributed by atoms with Gasteiger partial charge in [0.25, 0.3) is 0 Å². The molecular formula is C13H14N2O2. The third-order valence-electron chi connectivity index (χ3n) is 3.30. The van der Waals surface area contributed by atoms with Gasteiger partial charge in [0.1, 0.15) is 0 Å². The van der Waals surface area contributed by atoms with Crippen LogP contribution in [0.1, 0.15) is 30.0 Å². The van der Waals surface area contributed by atoms with Gasteiger partial charge < -0.3 is 5.11 Å². The average Bonchev–Trinajstić information content (AvgIpc) is 3.05. The summed E-state index contributed by atoms with van der Waals surface area (Å²) in [4.78, 5) is 10.9. The van der Waals surface area contributed by atoms with E-state index in [1.807, 2.05) is 29.9 Å². The van der Waals surface area contributed by atoms with Gasteiger partial charge in [0.15, 0.2) is 0 Å². The molecule has 4 nitrogen and oxygen atoms in total. The molecule has 1 fully saturated rings. The van der Waals surface area contributed by atoms with Crippen molar-refractivity contribution in [3.05, 3.63) is 29.5 Å². The van der Waals surface area contributed by atoms with Crippen LogP contribution >= 0.6 is 0 Å². The van der Waals surface area contributed by atoms with E-state index in [0.29, 0.717) is 5.92 Å². The van der Waals surface area contributed by atoms with Gasteiger partial charge in [-0.05, 0) is 24.5 Å². The van der Waals surface area contributed by atoms with Crippen molar-refractivity contribution in [2.45, 2.75) is 25.2 Å². The van der Waals surface area contributed by atoms with Crippen LogP contribution in [0, 0.1) is 0 Å². The van der Waals surface area contributed by atoms with Crippen molar-refractivity contribution in [3.63, 3.8) is 0 Å². The van der Waals surface area contributed by atoms with Crippen molar-refractivity contribution in [1.82, 2.24) is 9.78 Å². The Bertz CT molecular complexity index is 597. The minimum absolute atomic E-state index is 0.0722. The highest BCUT2D eigenvalue weighted by molar-refractivity contribution is 5.89. The van der Waals surface area contributed by atoms with E-state index >= 15 is 0 Å². The molecule has 1 saturated carbocycles. The zero-order valence-corrected chi connectivity index (χ0v) is 9.68. The minimum atomic E-state index is -0.789. The van der Waals surface area contributed by atoms with Crippen LogP contribution in [0.3, 0.4) is 0 Å². The zero-order valence-electron chi connectivity index (χ0n) is 9.68. The zero-order chi connectivity index (χ0) is 12.0. The Morgan fingerprint density at radius 3 is 2.94 bits per heavy atom. The first kappa shape index (κ1) is 10.3. The Hall–Kier alpha value is -1.84. The Morgan fingerprint density at radius 2 is 2.29 bits per heavy atom. The average molecular weight is 230 g/mol. The van der Waals surface area contributed by atoms with E-state index in [-0.39, 0.29) is 6.42 Å². The molecule has 3 rings (SSSR count). The predicted molar refractivity (Wildman–Crippen MR) is 64.0 cm³/mol. The SMILES string of the molecule is Cn1nc(C2CC2)c2c(CC(=O)O)cccc21. The number of carbonyl (C=O) groups is 1. The predicted octanol–water partition coefficient (Wildman–Crippen LogP) is 2.08. The third kappa shape index (κ3) is 1.69. The molecule has 1 aromatic carbocycles. The molecule has 0 bridgehead atoms. The number of rotatable bonds is 3. The van der Waals surface area contributed by atoms with Crippen LogP contribution in [0.5, 0.6) is 0 Å². The van der Waals surface area contributed by atoms with Crippen LogP contribution < -0.4 is 0 Å². The summed E-state index contributed by atoms with van der Waals surface area (Å²) in [6.45, 7) is 0. The molecule has 0 amide bonds. The molecule has 17 heavy (non-hydrogen) atoms. The molecular weight excluding hydrogens is 216 g/mol. The molecule has 0 atom stereocenters. The summed E-state index contributed by atoms with van der Waals surface area (Å²) in [6.07, 6.45) is 2.42. The number of fused-ring (bicyclic) bond motifs is 1. The second-order valence-electron chi connectivity index (χ2n) is 4.66. The largest absolute Gasteiger partial charge is 0.481 e. The third-order valence-corrected chi connectivity index (χ3v) is 3.30. The van der Waals surface area contributed by atoms with Gasteiger partial charge in [0.2, 0.25) is 0 Å². The number of hydrogen-bond acceptors (Lipinski definition) is 2. The first-order chi connectivity index (χ1) is 8.16. The lowest BCUT2D eigenvalue weighted by atomic mass is 10.0. The van der Waals surface area contributed by atoms with Crippen molar-refractivity contribution in [1.29, 1.82) is 0 Å². The van der Waals surface area contributed by atoms with Crippen molar-refractivity contribution in [2.75, 3.05) is 0 Å². The smallest absolute Gasteiger partial charge is 0.307 e. The second kappa shape index (κ2) is 3.58. The monoisotopic (exact) mass is 230 g/mol. The van der Waals surface area contributed by atoms with Crippen molar-refractivity contribution in [3.8, 4) is 0 Å². The molecule has 2 aromatic rings.